The van der Waals surface area contributed by atoms with Crippen LogP contribution in [0.4, 0.5) is 0 Å². The number of nitriles is 1. The van der Waals surface area contributed by atoms with E-state index in [4.69, 9.17) is 10.00 Å². The highest BCUT2D eigenvalue weighted by Gasteiger charge is 2.24. The molecule has 4 heteroatoms. The maximum atomic E-state index is 11.7. The smallest absolute Gasteiger partial charge is 0.262 e. The Labute approximate surface area is 106 Å². The predicted molar refractivity (Wildman–Crippen MR) is 67.7 cm³/mol. The number of amides is 1. The molecule has 0 aliphatic heterocycles. The summed E-state index contributed by atoms with van der Waals surface area (Å²) >= 11 is 0. The molecule has 0 heterocycles. The molecule has 1 amide bonds. The van der Waals surface area contributed by atoms with E-state index in [1.54, 1.807) is 37.5 Å². The van der Waals surface area contributed by atoms with Crippen molar-refractivity contribution in [2.75, 3.05) is 7.11 Å². The summed E-state index contributed by atoms with van der Waals surface area (Å²) in [4.78, 5) is 11.7. The predicted octanol–water partition coefficient (Wildman–Crippen LogP) is 1.88. The van der Waals surface area contributed by atoms with Crippen LogP contribution in [0.1, 0.15) is 18.4 Å². The van der Waals surface area contributed by atoms with Gasteiger partial charge in [-0.2, -0.15) is 5.26 Å². The van der Waals surface area contributed by atoms with Gasteiger partial charge in [-0.05, 0) is 36.6 Å². The van der Waals surface area contributed by atoms with Crippen LogP contribution in [0.5, 0.6) is 5.75 Å². The highest BCUT2D eigenvalue weighted by molar-refractivity contribution is 6.01. The molecule has 1 N–H and O–H groups in total. The Bertz CT molecular complexity index is 508. The molecule has 0 bridgehead atoms. The van der Waals surface area contributed by atoms with Gasteiger partial charge in [-0.15, -0.1) is 0 Å². The monoisotopic (exact) mass is 242 g/mol. The molecule has 0 radical (unpaired) electrons. The van der Waals surface area contributed by atoms with Gasteiger partial charge in [-0.1, -0.05) is 12.1 Å². The van der Waals surface area contributed by atoms with E-state index in [1.807, 2.05) is 6.07 Å². The summed E-state index contributed by atoms with van der Waals surface area (Å²) in [6.07, 6.45) is 3.59. The lowest BCUT2D eigenvalue weighted by molar-refractivity contribution is -0.117. The third-order valence-electron chi connectivity index (χ3n) is 2.70. The largest absolute Gasteiger partial charge is 0.497 e. The normalized spacial score (nSPS) is 14.8. The summed E-state index contributed by atoms with van der Waals surface area (Å²) in [7, 11) is 1.59. The van der Waals surface area contributed by atoms with E-state index in [1.165, 1.54) is 0 Å². The minimum atomic E-state index is -0.296. The number of hydrogen-bond donors (Lipinski definition) is 1. The van der Waals surface area contributed by atoms with E-state index in [-0.39, 0.29) is 17.5 Å². The van der Waals surface area contributed by atoms with Gasteiger partial charge in [-0.25, -0.2) is 0 Å². The Hall–Kier alpha value is -2.28. The van der Waals surface area contributed by atoms with Gasteiger partial charge in [0.25, 0.3) is 5.91 Å². The molecular weight excluding hydrogens is 228 g/mol. The fraction of sp³-hybridized carbons (Fsp3) is 0.286. The molecule has 18 heavy (non-hydrogen) atoms. The van der Waals surface area contributed by atoms with Gasteiger partial charge < -0.3 is 10.1 Å². The topological polar surface area (TPSA) is 62.1 Å². The van der Waals surface area contributed by atoms with Gasteiger partial charge in [0.05, 0.1) is 7.11 Å². The molecule has 0 unspecified atom stereocenters. The number of benzene rings is 1. The van der Waals surface area contributed by atoms with Crippen LogP contribution in [0, 0.1) is 11.3 Å². The summed E-state index contributed by atoms with van der Waals surface area (Å²) in [5.41, 5.74) is 0.936. The van der Waals surface area contributed by atoms with Gasteiger partial charge in [0.1, 0.15) is 17.4 Å². The van der Waals surface area contributed by atoms with Crippen LogP contribution in [0.25, 0.3) is 6.08 Å². The summed E-state index contributed by atoms with van der Waals surface area (Å²) in [5, 5.41) is 11.8. The highest BCUT2D eigenvalue weighted by atomic mass is 16.5. The SMILES string of the molecule is COc1ccc(C=C(C#N)C(=O)NC2CC2)cc1. The average molecular weight is 242 g/mol. The number of carbonyl (C=O) groups is 1. The van der Waals surface area contributed by atoms with E-state index >= 15 is 0 Å². The molecule has 1 saturated carbocycles. The number of methoxy groups -OCH3 is 1. The van der Waals surface area contributed by atoms with Gasteiger partial charge >= 0.3 is 0 Å². The van der Waals surface area contributed by atoms with Crippen molar-refractivity contribution < 1.29 is 9.53 Å². The summed E-state index contributed by atoms with van der Waals surface area (Å²) in [6, 6.07) is 9.38. The second kappa shape index (κ2) is 5.37. The van der Waals surface area contributed by atoms with Gasteiger partial charge in [0.2, 0.25) is 0 Å². The standard InChI is InChI=1S/C14H14N2O2/c1-18-13-6-2-10(3-7-13)8-11(9-15)14(17)16-12-4-5-12/h2-3,6-8,12H,4-5H2,1H3,(H,16,17). The van der Waals surface area contributed by atoms with E-state index in [2.05, 4.69) is 5.32 Å². The van der Waals surface area contributed by atoms with Crippen LogP contribution in [0.3, 0.4) is 0 Å². The van der Waals surface area contributed by atoms with Crippen molar-refractivity contribution in [1.82, 2.24) is 5.32 Å². The zero-order chi connectivity index (χ0) is 13.0. The van der Waals surface area contributed by atoms with E-state index in [0.29, 0.717) is 0 Å². The Balaban J connectivity index is 2.11. The lowest BCUT2D eigenvalue weighted by atomic mass is 10.1. The van der Waals surface area contributed by atoms with Crippen molar-refractivity contribution >= 4 is 12.0 Å². The maximum absolute atomic E-state index is 11.7. The molecule has 1 fully saturated rings. The molecule has 1 aromatic rings. The molecular formula is C14H14N2O2. The molecule has 1 aliphatic rings. The van der Waals surface area contributed by atoms with E-state index in [9.17, 15) is 4.79 Å². The Morgan fingerprint density at radius 1 is 1.44 bits per heavy atom. The van der Waals surface area contributed by atoms with Crippen molar-refractivity contribution in [3.05, 3.63) is 35.4 Å². The number of ether oxygens (including phenoxy) is 1. The van der Waals surface area contributed by atoms with Gasteiger partial charge in [0.15, 0.2) is 0 Å². The zero-order valence-electron chi connectivity index (χ0n) is 10.1. The quantitative estimate of drug-likeness (QED) is 0.647. The Morgan fingerprint density at radius 2 is 2.11 bits per heavy atom. The van der Waals surface area contributed by atoms with Crippen molar-refractivity contribution in [1.29, 1.82) is 5.26 Å². The van der Waals surface area contributed by atoms with Crippen LogP contribution >= 0.6 is 0 Å². The summed E-state index contributed by atoms with van der Waals surface area (Å²) in [6.45, 7) is 0. The highest BCUT2D eigenvalue weighted by Crippen LogP contribution is 2.19. The van der Waals surface area contributed by atoms with Crippen molar-refractivity contribution in [3.63, 3.8) is 0 Å². The molecule has 1 aromatic carbocycles. The van der Waals surface area contributed by atoms with Gasteiger partial charge in [-0.3, -0.25) is 4.79 Å². The second-order valence-electron chi connectivity index (χ2n) is 4.19. The van der Waals surface area contributed by atoms with Crippen LogP contribution < -0.4 is 10.1 Å². The fourth-order valence-electron chi connectivity index (χ4n) is 1.51. The first-order valence-electron chi connectivity index (χ1n) is 5.79. The van der Waals surface area contributed by atoms with E-state index < -0.39 is 0 Å². The van der Waals surface area contributed by atoms with Gasteiger partial charge in [0, 0.05) is 6.04 Å². The minimum Gasteiger partial charge on any atom is -0.497 e. The first kappa shape index (κ1) is 12.2. The molecule has 0 saturated heterocycles. The molecule has 1 aliphatic carbocycles. The average Bonchev–Trinajstić information content (AvgIpc) is 3.20. The third kappa shape index (κ3) is 3.11. The molecule has 2 rings (SSSR count). The Kier molecular flexibility index (Phi) is 3.63. The number of nitrogens with zero attached hydrogens (tertiary/aromatic N) is 1. The maximum Gasteiger partial charge on any atom is 0.262 e. The molecule has 0 spiro atoms. The van der Waals surface area contributed by atoms with Crippen molar-refractivity contribution in [2.24, 2.45) is 0 Å². The van der Waals surface area contributed by atoms with Crippen molar-refractivity contribution in [3.8, 4) is 11.8 Å². The molecule has 92 valence electrons. The zero-order valence-corrected chi connectivity index (χ0v) is 10.1. The second-order valence-corrected chi connectivity index (χ2v) is 4.19. The van der Waals surface area contributed by atoms with Crippen LogP contribution in [0.15, 0.2) is 29.8 Å². The minimum absolute atomic E-state index is 0.132. The molecule has 4 nitrogen and oxygen atoms in total. The first-order valence-corrected chi connectivity index (χ1v) is 5.79. The van der Waals surface area contributed by atoms with Crippen LogP contribution in [-0.2, 0) is 4.79 Å². The Morgan fingerprint density at radius 3 is 2.61 bits per heavy atom. The van der Waals surface area contributed by atoms with Crippen LogP contribution in [0.2, 0.25) is 0 Å². The number of hydrogen-bond acceptors (Lipinski definition) is 3. The third-order valence-corrected chi connectivity index (χ3v) is 2.70. The van der Waals surface area contributed by atoms with Crippen molar-refractivity contribution in [2.45, 2.75) is 18.9 Å². The fourth-order valence-corrected chi connectivity index (χ4v) is 1.51. The summed E-state index contributed by atoms with van der Waals surface area (Å²) < 4.78 is 5.04. The molecule has 0 atom stereocenters. The lowest BCUT2D eigenvalue weighted by Crippen LogP contribution is -2.26. The number of rotatable bonds is 4. The molecule has 0 aromatic heterocycles. The first-order chi connectivity index (χ1) is 8.72. The lowest BCUT2D eigenvalue weighted by Gasteiger charge is -2.02. The number of carbonyl (C=O) groups excluding carboxylic acids is 1. The number of nitrogens with one attached hydrogen (secondary N) is 1. The van der Waals surface area contributed by atoms with Crippen LogP contribution in [-0.4, -0.2) is 19.1 Å². The summed E-state index contributed by atoms with van der Waals surface area (Å²) in [5.74, 6) is 0.448. The van der Waals surface area contributed by atoms with E-state index in [0.717, 1.165) is 24.2 Å².